The van der Waals surface area contributed by atoms with Crippen molar-refractivity contribution in [3.8, 4) is 0 Å². The molecule has 1 saturated heterocycles. The molecule has 0 radical (unpaired) electrons. The van der Waals surface area contributed by atoms with Crippen molar-refractivity contribution < 1.29 is 23.8 Å². The quantitative estimate of drug-likeness (QED) is 0.889. The molecule has 1 fully saturated rings. The number of hydrogen-bond donors (Lipinski definition) is 2. The molecule has 1 aromatic heterocycles. The number of aromatic nitrogens is 1. The summed E-state index contributed by atoms with van der Waals surface area (Å²) in [5.41, 5.74) is 0.0529. The maximum Gasteiger partial charge on any atom is 0.354 e. The number of amides is 1. The fourth-order valence-electron chi connectivity index (χ4n) is 2.94. The molecule has 0 unspecified atom stereocenters. The van der Waals surface area contributed by atoms with Gasteiger partial charge < -0.3 is 15.2 Å². The lowest BCUT2D eigenvalue weighted by Gasteiger charge is -2.38. The van der Waals surface area contributed by atoms with E-state index >= 15 is 0 Å². The van der Waals surface area contributed by atoms with Crippen molar-refractivity contribution in [2.24, 2.45) is 0 Å². The predicted molar refractivity (Wildman–Crippen MR) is 86.8 cm³/mol. The van der Waals surface area contributed by atoms with Crippen LogP contribution < -0.4 is 5.32 Å². The number of ether oxygens (including phenoxy) is 1. The normalized spacial score (nSPS) is 16.2. The van der Waals surface area contributed by atoms with Crippen LogP contribution in [-0.2, 0) is 10.3 Å². The van der Waals surface area contributed by atoms with E-state index in [0.29, 0.717) is 31.6 Å². The first-order chi connectivity index (χ1) is 12.0. The number of rotatable bonds is 4. The van der Waals surface area contributed by atoms with Crippen LogP contribution in [0.15, 0.2) is 42.6 Å². The van der Waals surface area contributed by atoms with Gasteiger partial charge >= 0.3 is 5.97 Å². The highest BCUT2D eigenvalue weighted by atomic mass is 19.1. The number of nitrogens with one attached hydrogen (secondary N) is 1. The molecule has 2 aromatic rings. The van der Waals surface area contributed by atoms with Gasteiger partial charge in [-0.1, -0.05) is 12.1 Å². The summed E-state index contributed by atoms with van der Waals surface area (Å²) >= 11 is 0. The minimum absolute atomic E-state index is 0.137. The smallest absolute Gasteiger partial charge is 0.354 e. The lowest BCUT2D eigenvalue weighted by Crippen LogP contribution is -2.49. The molecule has 6 nitrogen and oxygen atoms in total. The summed E-state index contributed by atoms with van der Waals surface area (Å²) < 4.78 is 19.0. The first kappa shape index (κ1) is 17.0. The SMILES string of the molecule is O=C(NC1(c2cccc(F)c2)CCOCC1)c1ccc(C(=O)O)nc1. The fraction of sp³-hybridized carbons (Fsp3) is 0.278. The zero-order valence-electron chi connectivity index (χ0n) is 13.4. The summed E-state index contributed by atoms with van der Waals surface area (Å²) in [7, 11) is 0. The van der Waals surface area contributed by atoms with E-state index < -0.39 is 17.4 Å². The Hall–Kier alpha value is -2.80. The monoisotopic (exact) mass is 344 g/mol. The molecule has 3 rings (SSSR count). The molecule has 0 bridgehead atoms. The van der Waals surface area contributed by atoms with Crippen LogP contribution in [0, 0.1) is 5.82 Å². The Morgan fingerprint density at radius 2 is 1.96 bits per heavy atom. The summed E-state index contributed by atoms with van der Waals surface area (Å²) in [5.74, 6) is -1.92. The molecule has 25 heavy (non-hydrogen) atoms. The summed E-state index contributed by atoms with van der Waals surface area (Å²) in [6.45, 7) is 0.903. The molecule has 130 valence electrons. The molecule has 0 aliphatic carbocycles. The van der Waals surface area contributed by atoms with Gasteiger partial charge in [-0.25, -0.2) is 14.2 Å². The molecule has 0 saturated carbocycles. The third-order valence-corrected chi connectivity index (χ3v) is 4.32. The van der Waals surface area contributed by atoms with Crippen molar-refractivity contribution >= 4 is 11.9 Å². The number of carboxylic acids is 1. The van der Waals surface area contributed by atoms with E-state index in [1.807, 2.05) is 0 Å². The van der Waals surface area contributed by atoms with Crippen molar-refractivity contribution in [3.05, 3.63) is 65.2 Å². The third kappa shape index (κ3) is 3.66. The van der Waals surface area contributed by atoms with Gasteiger partial charge in [0.2, 0.25) is 0 Å². The number of benzene rings is 1. The highest BCUT2D eigenvalue weighted by Crippen LogP contribution is 2.32. The number of halogens is 1. The Labute approximate surface area is 143 Å². The molecule has 2 heterocycles. The molecule has 1 amide bonds. The Morgan fingerprint density at radius 3 is 2.56 bits per heavy atom. The van der Waals surface area contributed by atoms with Crippen molar-refractivity contribution in [3.63, 3.8) is 0 Å². The lowest BCUT2D eigenvalue weighted by atomic mass is 9.82. The Kier molecular flexibility index (Phi) is 4.76. The van der Waals surface area contributed by atoms with Gasteiger partial charge in [0.05, 0.1) is 11.1 Å². The summed E-state index contributed by atoms with van der Waals surface area (Å²) in [6, 6.07) is 8.84. The first-order valence-corrected chi connectivity index (χ1v) is 7.86. The summed E-state index contributed by atoms with van der Waals surface area (Å²) in [4.78, 5) is 27.2. The second-order valence-corrected chi connectivity index (χ2v) is 5.90. The maximum absolute atomic E-state index is 13.7. The number of hydrogen-bond acceptors (Lipinski definition) is 4. The van der Waals surface area contributed by atoms with Gasteiger partial charge in [-0.2, -0.15) is 0 Å². The van der Waals surface area contributed by atoms with E-state index in [-0.39, 0.29) is 17.1 Å². The molecule has 0 atom stereocenters. The molecular weight excluding hydrogens is 327 g/mol. The van der Waals surface area contributed by atoms with Crippen LogP contribution in [0.25, 0.3) is 0 Å². The van der Waals surface area contributed by atoms with E-state index in [0.717, 1.165) is 0 Å². The van der Waals surface area contributed by atoms with Crippen molar-refractivity contribution in [2.75, 3.05) is 13.2 Å². The van der Waals surface area contributed by atoms with Gasteiger partial charge in [0.1, 0.15) is 11.5 Å². The van der Waals surface area contributed by atoms with E-state index in [4.69, 9.17) is 9.84 Å². The van der Waals surface area contributed by atoms with Gasteiger partial charge in [-0.05, 0) is 42.7 Å². The minimum atomic E-state index is -1.16. The van der Waals surface area contributed by atoms with Crippen molar-refractivity contribution in [2.45, 2.75) is 18.4 Å². The number of carboxylic acid groups (broad SMARTS) is 1. The topological polar surface area (TPSA) is 88.5 Å². The van der Waals surface area contributed by atoms with Gasteiger partial charge in [0, 0.05) is 19.4 Å². The average molecular weight is 344 g/mol. The van der Waals surface area contributed by atoms with Crippen molar-refractivity contribution in [1.29, 1.82) is 0 Å². The van der Waals surface area contributed by atoms with Crippen LogP contribution >= 0.6 is 0 Å². The van der Waals surface area contributed by atoms with Crippen LogP contribution in [0.1, 0.15) is 39.3 Å². The zero-order valence-corrected chi connectivity index (χ0v) is 13.4. The van der Waals surface area contributed by atoms with Crippen molar-refractivity contribution in [1.82, 2.24) is 10.3 Å². The molecule has 2 N–H and O–H groups in total. The molecule has 0 spiro atoms. The largest absolute Gasteiger partial charge is 0.477 e. The lowest BCUT2D eigenvalue weighted by molar-refractivity contribution is 0.0344. The van der Waals surface area contributed by atoms with Gasteiger partial charge in [-0.3, -0.25) is 4.79 Å². The Balaban J connectivity index is 1.87. The van der Waals surface area contributed by atoms with Crippen LogP contribution in [0.2, 0.25) is 0 Å². The number of carbonyl (C=O) groups excluding carboxylic acids is 1. The van der Waals surface area contributed by atoms with Gasteiger partial charge in [0.25, 0.3) is 5.91 Å². The van der Waals surface area contributed by atoms with E-state index in [9.17, 15) is 14.0 Å². The zero-order chi connectivity index (χ0) is 17.9. The molecular formula is C18H17FN2O4. The number of pyridine rings is 1. The first-order valence-electron chi connectivity index (χ1n) is 7.86. The molecule has 1 aliphatic rings. The molecule has 7 heteroatoms. The van der Waals surface area contributed by atoms with Crippen LogP contribution in [0.3, 0.4) is 0 Å². The summed E-state index contributed by atoms with van der Waals surface area (Å²) in [6.07, 6.45) is 2.25. The van der Waals surface area contributed by atoms with E-state index in [2.05, 4.69) is 10.3 Å². The third-order valence-electron chi connectivity index (χ3n) is 4.32. The second-order valence-electron chi connectivity index (χ2n) is 5.90. The second kappa shape index (κ2) is 6.98. The van der Waals surface area contributed by atoms with Gasteiger partial charge in [-0.15, -0.1) is 0 Å². The van der Waals surface area contributed by atoms with Crippen LogP contribution in [0.4, 0.5) is 4.39 Å². The molecule has 1 aromatic carbocycles. The number of carbonyl (C=O) groups is 2. The van der Waals surface area contributed by atoms with Crippen LogP contribution in [0.5, 0.6) is 0 Å². The number of nitrogens with zero attached hydrogens (tertiary/aromatic N) is 1. The van der Waals surface area contributed by atoms with Crippen LogP contribution in [-0.4, -0.2) is 35.2 Å². The minimum Gasteiger partial charge on any atom is -0.477 e. The Morgan fingerprint density at radius 1 is 1.20 bits per heavy atom. The highest BCUT2D eigenvalue weighted by molar-refractivity contribution is 5.95. The average Bonchev–Trinajstić information content (AvgIpc) is 2.62. The molecule has 1 aliphatic heterocycles. The highest BCUT2D eigenvalue weighted by Gasteiger charge is 2.36. The maximum atomic E-state index is 13.7. The van der Waals surface area contributed by atoms with Gasteiger partial charge in [0.15, 0.2) is 0 Å². The standard InChI is InChI=1S/C18H17FN2O4/c19-14-3-1-2-13(10-14)18(6-8-25-9-7-18)21-16(22)12-4-5-15(17(23)24)20-11-12/h1-5,10-11H,6-9H2,(H,21,22)(H,23,24). The Bertz CT molecular complexity index is 786. The fourth-order valence-corrected chi connectivity index (χ4v) is 2.94. The van der Waals surface area contributed by atoms with E-state index in [1.165, 1.54) is 30.5 Å². The van der Waals surface area contributed by atoms with E-state index in [1.54, 1.807) is 12.1 Å². The number of aromatic carboxylic acids is 1. The summed E-state index contributed by atoms with van der Waals surface area (Å²) in [5, 5.41) is 11.8. The predicted octanol–water partition coefficient (Wildman–Crippen LogP) is 2.35.